The molecule has 1 aliphatic rings. The van der Waals surface area contributed by atoms with E-state index in [0.29, 0.717) is 6.54 Å². The zero-order valence-electron chi connectivity index (χ0n) is 17.2. The molecule has 0 saturated carbocycles. The molecule has 1 N–H and O–H groups in total. The number of benzene rings is 2. The maximum absolute atomic E-state index is 13.3. The minimum Gasteiger partial charge on any atom is -0.376 e. The number of pyridine rings is 1. The number of nitrogens with one attached hydrogen (secondary N) is 1. The van der Waals surface area contributed by atoms with Gasteiger partial charge in [-0.1, -0.05) is 41.5 Å². The van der Waals surface area contributed by atoms with Crippen LogP contribution in [-0.2, 0) is 4.74 Å². The zero-order valence-corrected chi connectivity index (χ0v) is 18.0. The third-order valence-electron chi connectivity index (χ3n) is 5.74. The van der Waals surface area contributed by atoms with Crippen LogP contribution in [0, 0.1) is 13.8 Å². The van der Waals surface area contributed by atoms with E-state index in [1.54, 1.807) is 11.3 Å². The first-order valence-electron chi connectivity index (χ1n) is 10.4. The standard InChI is InChI=1S/C25H24N2O2S/c1-15-5-8-17(9-6-15)22-20-14-26-21-10-7-16(2)12-19(21)23(20)30-24(22)25(28)27-13-18-4-3-11-29-18/h5-10,12,14,18H,3-4,11,13H2,1-2H3,(H,27,28). The van der Waals surface area contributed by atoms with Crippen LogP contribution in [0.4, 0.5) is 0 Å². The van der Waals surface area contributed by atoms with Crippen molar-refractivity contribution >= 4 is 38.2 Å². The molecule has 1 aliphatic heterocycles. The summed E-state index contributed by atoms with van der Waals surface area (Å²) in [5, 5.41) is 5.24. The van der Waals surface area contributed by atoms with Gasteiger partial charge in [0, 0.05) is 40.4 Å². The van der Waals surface area contributed by atoms with Gasteiger partial charge < -0.3 is 10.1 Å². The molecule has 1 fully saturated rings. The number of carbonyl (C=O) groups excluding carboxylic acids is 1. The van der Waals surface area contributed by atoms with Crippen molar-refractivity contribution in [1.82, 2.24) is 10.3 Å². The second-order valence-electron chi connectivity index (χ2n) is 8.04. The van der Waals surface area contributed by atoms with Crippen molar-refractivity contribution in [2.75, 3.05) is 13.2 Å². The average molecular weight is 417 g/mol. The Hall–Kier alpha value is -2.76. The van der Waals surface area contributed by atoms with Gasteiger partial charge in [0.2, 0.25) is 0 Å². The number of carbonyl (C=O) groups is 1. The van der Waals surface area contributed by atoms with Crippen molar-refractivity contribution in [2.45, 2.75) is 32.8 Å². The predicted molar refractivity (Wildman–Crippen MR) is 123 cm³/mol. The number of hydrogen-bond donors (Lipinski definition) is 1. The number of nitrogens with zero attached hydrogens (tertiary/aromatic N) is 1. The van der Waals surface area contributed by atoms with Crippen molar-refractivity contribution in [3.63, 3.8) is 0 Å². The summed E-state index contributed by atoms with van der Waals surface area (Å²) in [6, 6.07) is 14.6. The van der Waals surface area contributed by atoms with Crippen LogP contribution >= 0.6 is 11.3 Å². The summed E-state index contributed by atoms with van der Waals surface area (Å²) < 4.78 is 6.79. The van der Waals surface area contributed by atoms with Gasteiger partial charge in [0.15, 0.2) is 0 Å². The van der Waals surface area contributed by atoms with E-state index in [1.165, 1.54) is 11.1 Å². The van der Waals surface area contributed by atoms with Crippen molar-refractivity contribution in [1.29, 1.82) is 0 Å². The highest BCUT2D eigenvalue weighted by Gasteiger charge is 2.23. The Morgan fingerprint density at radius 3 is 2.70 bits per heavy atom. The van der Waals surface area contributed by atoms with E-state index in [0.717, 1.165) is 56.4 Å². The van der Waals surface area contributed by atoms with E-state index in [-0.39, 0.29) is 12.0 Å². The molecule has 2 aromatic heterocycles. The zero-order chi connectivity index (χ0) is 20.7. The van der Waals surface area contributed by atoms with E-state index in [9.17, 15) is 4.79 Å². The van der Waals surface area contributed by atoms with Gasteiger partial charge in [0.05, 0.1) is 11.6 Å². The van der Waals surface area contributed by atoms with Gasteiger partial charge in [0.25, 0.3) is 5.91 Å². The number of hydrogen-bond acceptors (Lipinski definition) is 4. The quantitative estimate of drug-likeness (QED) is 0.468. The molecule has 2 aromatic carbocycles. The molecule has 0 spiro atoms. The number of thiophene rings is 1. The average Bonchev–Trinajstić information content (AvgIpc) is 3.40. The summed E-state index contributed by atoms with van der Waals surface area (Å²) in [5.41, 5.74) is 5.35. The minimum absolute atomic E-state index is 0.0388. The van der Waals surface area contributed by atoms with Crippen molar-refractivity contribution in [3.8, 4) is 11.1 Å². The Morgan fingerprint density at radius 2 is 1.93 bits per heavy atom. The van der Waals surface area contributed by atoms with Crippen LogP contribution in [0.1, 0.15) is 33.6 Å². The summed E-state index contributed by atoms with van der Waals surface area (Å²) in [6.45, 7) is 5.50. The smallest absolute Gasteiger partial charge is 0.262 e. The normalized spacial score (nSPS) is 16.4. The maximum atomic E-state index is 13.3. The van der Waals surface area contributed by atoms with Gasteiger partial charge in [-0.25, -0.2) is 0 Å². The lowest BCUT2D eigenvalue weighted by Gasteiger charge is -2.11. The van der Waals surface area contributed by atoms with Crippen LogP contribution in [0.5, 0.6) is 0 Å². The molecule has 1 saturated heterocycles. The van der Waals surface area contributed by atoms with E-state index >= 15 is 0 Å². The second-order valence-corrected chi connectivity index (χ2v) is 9.06. The van der Waals surface area contributed by atoms with Crippen molar-refractivity contribution < 1.29 is 9.53 Å². The lowest BCUT2D eigenvalue weighted by molar-refractivity contribution is 0.0861. The number of fused-ring (bicyclic) bond motifs is 3. The fourth-order valence-electron chi connectivity index (χ4n) is 4.10. The molecule has 5 rings (SSSR count). The molecule has 4 aromatic rings. The third-order valence-corrected chi connectivity index (χ3v) is 6.97. The number of ether oxygens (including phenoxy) is 1. The topological polar surface area (TPSA) is 51.2 Å². The fourth-order valence-corrected chi connectivity index (χ4v) is 5.34. The fraction of sp³-hybridized carbons (Fsp3) is 0.280. The van der Waals surface area contributed by atoms with E-state index in [2.05, 4.69) is 55.6 Å². The lowest BCUT2D eigenvalue weighted by Crippen LogP contribution is -2.31. The summed E-state index contributed by atoms with van der Waals surface area (Å²) in [6.07, 6.45) is 4.10. The predicted octanol–water partition coefficient (Wildman–Crippen LogP) is 5.64. The molecule has 30 heavy (non-hydrogen) atoms. The molecular formula is C25H24N2O2S. The molecule has 0 bridgehead atoms. The molecule has 152 valence electrons. The highest BCUT2D eigenvalue weighted by molar-refractivity contribution is 7.22. The molecule has 1 amide bonds. The summed E-state index contributed by atoms with van der Waals surface area (Å²) in [7, 11) is 0. The molecular weight excluding hydrogens is 392 g/mol. The highest BCUT2D eigenvalue weighted by Crippen LogP contribution is 2.41. The Labute approximate surface area is 179 Å². The Morgan fingerprint density at radius 1 is 1.13 bits per heavy atom. The van der Waals surface area contributed by atoms with Gasteiger partial charge in [-0.3, -0.25) is 9.78 Å². The summed E-state index contributed by atoms with van der Waals surface area (Å²) in [4.78, 5) is 18.7. The number of amides is 1. The van der Waals surface area contributed by atoms with Gasteiger partial charge in [0.1, 0.15) is 4.88 Å². The third kappa shape index (κ3) is 3.48. The van der Waals surface area contributed by atoms with E-state index < -0.39 is 0 Å². The summed E-state index contributed by atoms with van der Waals surface area (Å²) in [5.74, 6) is -0.0388. The van der Waals surface area contributed by atoms with Crippen LogP contribution < -0.4 is 5.32 Å². The monoisotopic (exact) mass is 416 g/mol. The first kappa shape index (κ1) is 19.2. The molecule has 4 nitrogen and oxygen atoms in total. The molecule has 0 aliphatic carbocycles. The molecule has 1 atom stereocenters. The number of aryl methyl sites for hydroxylation is 2. The van der Waals surface area contributed by atoms with Gasteiger partial charge in [-0.05, 0) is 44.4 Å². The van der Waals surface area contributed by atoms with Crippen LogP contribution in [-0.4, -0.2) is 30.1 Å². The first-order chi connectivity index (χ1) is 14.6. The van der Waals surface area contributed by atoms with Crippen LogP contribution in [0.15, 0.2) is 48.7 Å². The summed E-state index contributed by atoms with van der Waals surface area (Å²) >= 11 is 1.56. The van der Waals surface area contributed by atoms with Gasteiger partial charge in [-0.2, -0.15) is 0 Å². The van der Waals surface area contributed by atoms with Crippen molar-refractivity contribution in [2.24, 2.45) is 0 Å². The van der Waals surface area contributed by atoms with Gasteiger partial charge >= 0.3 is 0 Å². The molecule has 5 heteroatoms. The number of rotatable bonds is 4. The largest absolute Gasteiger partial charge is 0.376 e. The first-order valence-corrected chi connectivity index (χ1v) is 11.2. The Balaban J connectivity index is 1.65. The van der Waals surface area contributed by atoms with Crippen LogP contribution in [0.2, 0.25) is 0 Å². The SMILES string of the molecule is Cc1ccc(-c2c(C(=O)NCC3CCCO3)sc3c2cnc2ccc(C)cc23)cc1. The molecule has 0 radical (unpaired) electrons. The maximum Gasteiger partial charge on any atom is 0.262 e. The minimum atomic E-state index is -0.0388. The Kier molecular flexibility index (Phi) is 5.01. The van der Waals surface area contributed by atoms with Crippen molar-refractivity contribution in [3.05, 3.63) is 64.7 Å². The molecule has 3 heterocycles. The second kappa shape index (κ2) is 7.82. The van der Waals surface area contributed by atoms with Crippen LogP contribution in [0.3, 0.4) is 0 Å². The highest BCUT2D eigenvalue weighted by atomic mass is 32.1. The lowest BCUT2D eigenvalue weighted by atomic mass is 10.00. The molecule has 1 unspecified atom stereocenters. The van der Waals surface area contributed by atoms with E-state index in [4.69, 9.17) is 9.72 Å². The van der Waals surface area contributed by atoms with Gasteiger partial charge in [-0.15, -0.1) is 11.3 Å². The Bertz CT molecular complexity index is 1240. The van der Waals surface area contributed by atoms with E-state index in [1.807, 2.05) is 12.3 Å². The number of aromatic nitrogens is 1. The van der Waals surface area contributed by atoms with Crippen LogP contribution in [0.25, 0.3) is 32.1 Å².